The largest absolute Gasteiger partial charge is 0.526 e. The number of hydrogen-bond acceptors (Lipinski definition) is 7. The quantitative estimate of drug-likeness (QED) is 0.459. The zero-order valence-corrected chi connectivity index (χ0v) is 10.9. The van der Waals surface area contributed by atoms with E-state index in [1.165, 1.54) is 9.80 Å². The molecule has 9 nitrogen and oxygen atoms in total. The number of hydrogen-bond donors (Lipinski definition) is 0. The maximum absolute atomic E-state index is 11.6. The first-order chi connectivity index (χ1) is 9.66. The number of amides is 2. The Kier molecular flexibility index (Phi) is 5.13. The van der Waals surface area contributed by atoms with E-state index >= 15 is 0 Å². The van der Waals surface area contributed by atoms with Crippen LogP contribution in [-0.2, 0) is 18.9 Å². The fourth-order valence-corrected chi connectivity index (χ4v) is 1.78. The second-order valence-electron chi connectivity index (χ2n) is 4.18. The molecule has 0 spiro atoms. The van der Waals surface area contributed by atoms with Gasteiger partial charge in [0.15, 0.2) is 0 Å². The Hall–Kier alpha value is -1.87. The Labute approximate surface area is 115 Å². The molecule has 0 aliphatic carbocycles. The lowest BCUT2D eigenvalue weighted by molar-refractivity contribution is 0.0152. The van der Waals surface area contributed by atoms with Gasteiger partial charge in [-0.05, 0) is 0 Å². The van der Waals surface area contributed by atoms with E-state index in [4.69, 9.17) is 9.47 Å². The zero-order valence-electron chi connectivity index (χ0n) is 10.9. The highest BCUT2D eigenvalue weighted by atomic mass is 16.8. The van der Waals surface area contributed by atoms with E-state index in [1.807, 2.05) is 0 Å². The molecular formula is C11H16N2O7. The molecule has 2 amide bonds. The van der Waals surface area contributed by atoms with Gasteiger partial charge in [0, 0.05) is 26.2 Å². The lowest BCUT2D eigenvalue weighted by atomic mass is 10.5. The van der Waals surface area contributed by atoms with E-state index in [9.17, 15) is 14.4 Å². The summed E-state index contributed by atoms with van der Waals surface area (Å²) < 4.78 is 19.0. The molecular weight excluding hydrogens is 272 g/mol. The van der Waals surface area contributed by atoms with Crippen LogP contribution in [0.25, 0.3) is 0 Å². The summed E-state index contributed by atoms with van der Waals surface area (Å²) in [6.07, 6.45) is -3.00. The molecule has 112 valence electrons. The van der Waals surface area contributed by atoms with Gasteiger partial charge in [-0.25, -0.2) is 14.4 Å². The summed E-state index contributed by atoms with van der Waals surface area (Å²) in [5, 5.41) is 0. The third-order valence-electron chi connectivity index (χ3n) is 2.88. The predicted molar refractivity (Wildman–Crippen MR) is 63.1 cm³/mol. The highest BCUT2D eigenvalue weighted by Crippen LogP contribution is 2.04. The van der Waals surface area contributed by atoms with Crippen molar-refractivity contribution < 1.29 is 33.3 Å². The number of carbonyl (C=O) groups excluding carboxylic acids is 3. The molecule has 2 rings (SSSR count). The van der Waals surface area contributed by atoms with Crippen LogP contribution in [0.3, 0.4) is 0 Å². The molecule has 0 unspecified atom stereocenters. The van der Waals surface area contributed by atoms with Crippen LogP contribution in [0.15, 0.2) is 0 Å². The molecule has 20 heavy (non-hydrogen) atoms. The highest BCUT2D eigenvalue weighted by molar-refractivity contribution is 5.87. The van der Waals surface area contributed by atoms with Gasteiger partial charge in [0.25, 0.3) is 0 Å². The molecule has 2 fully saturated rings. The van der Waals surface area contributed by atoms with Crippen molar-refractivity contribution in [1.29, 1.82) is 0 Å². The predicted octanol–water partition coefficient (Wildman–Crippen LogP) is 0.0440. The standard InChI is InChI=1S/C11H16N2O7/c14-9(12-1-5-17-6-2-12)19-11(16)20-10(15)13-3-7-18-8-4-13/h1-8H2. The van der Waals surface area contributed by atoms with Crippen molar-refractivity contribution in [2.45, 2.75) is 0 Å². The summed E-state index contributed by atoms with van der Waals surface area (Å²) in [7, 11) is 0. The van der Waals surface area contributed by atoms with E-state index in [0.29, 0.717) is 52.6 Å². The summed E-state index contributed by atoms with van der Waals surface area (Å²) in [5.74, 6) is 0. The summed E-state index contributed by atoms with van der Waals surface area (Å²) >= 11 is 0. The van der Waals surface area contributed by atoms with E-state index < -0.39 is 18.3 Å². The zero-order chi connectivity index (χ0) is 14.4. The Morgan fingerprint density at radius 2 is 1.05 bits per heavy atom. The van der Waals surface area contributed by atoms with E-state index in [0.717, 1.165) is 0 Å². The van der Waals surface area contributed by atoms with Crippen LogP contribution in [0.4, 0.5) is 14.4 Å². The molecule has 2 saturated heterocycles. The number of ether oxygens (including phenoxy) is 4. The first-order valence-corrected chi connectivity index (χ1v) is 6.30. The number of rotatable bonds is 0. The number of carbonyl (C=O) groups is 3. The van der Waals surface area contributed by atoms with E-state index in [-0.39, 0.29) is 0 Å². The molecule has 0 aromatic carbocycles. The summed E-state index contributed by atoms with van der Waals surface area (Å²) in [5.41, 5.74) is 0. The Balaban J connectivity index is 1.73. The second kappa shape index (κ2) is 7.06. The molecule has 0 saturated carbocycles. The Morgan fingerprint density at radius 3 is 1.40 bits per heavy atom. The van der Waals surface area contributed by atoms with E-state index in [2.05, 4.69) is 9.47 Å². The van der Waals surface area contributed by atoms with Crippen molar-refractivity contribution in [1.82, 2.24) is 9.80 Å². The van der Waals surface area contributed by atoms with Crippen molar-refractivity contribution in [2.75, 3.05) is 52.6 Å². The number of morpholine rings is 2. The molecule has 0 aromatic heterocycles. The van der Waals surface area contributed by atoms with Crippen LogP contribution in [0.1, 0.15) is 0 Å². The van der Waals surface area contributed by atoms with Crippen LogP contribution in [-0.4, -0.2) is 80.7 Å². The molecule has 0 aromatic rings. The van der Waals surface area contributed by atoms with Gasteiger partial charge in [0.2, 0.25) is 0 Å². The molecule has 9 heteroatoms. The van der Waals surface area contributed by atoms with Gasteiger partial charge in [-0.3, -0.25) is 0 Å². The molecule has 0 radical (unpaired) electrons. The summed E-state index contributed by atoms with van der Waals surface area (Å²) in [6.45, 7) is 2.89. The Morgan fingerprint density at radius 1 is 0.700 bits per heavy atom. The normalized spacial score (nSPS) is 19.4. The minimum Gasteiger partial charge on any atom is -0.378 e. The minimum atomic E-state index is -1.32. The SMILES string of the molecule is O=C(OC(=O)N1CCOCC1)OC(=O)N1CCOCC1. The van der Waals surface area contributed by atoms with Crippen molar-refractivity contribution in [3.8, 4) is 0 Å². The smallest absolute Gasteiger partial charge is 0.378 e. The average Bonchev–Trinajstić information content (AvgIpc) is 2.49. The lowest BCUT2D eigenvalue weighted by Crippen LogP contribution is -2.44. The topological polar surface area (TPSA) is 94.6 Å². The van der Waals surface area contributed by atoms with Gasteiger partial charge >= 0.3 is 18.3 Å². The van der Waals surface area contributed by atoms with Crippen molar-refractivity contribution in [3.63, 3.8) is 0 Å². The first kappa shape index (κ1) is 14.5. The van der Waals surface area contributed by atoms with Crippen LogP contribution in [0.5, 0.6) is 0 Å². The first-order valence-electron chi connectivity index (χ1n) is 6.30. The second-order valence-corrected chi connectivity index (χ2v) is 4.18. The lowest BCUT2D eigenvalue weighted by Gasteiger charge is -2.26. The Bertz CT molecular complexity index is 341. The average molecular weight is 288 g/mol. The van der Waals surface area contributed by atoms with Crippen molar-refractivity contribution in [2.24, 2.45) is 0 Å². The van der Waals surface area contributed by atoms with Crippen molar-refractivity contribution >= 4 is 18.3 Å². The molecule has 2 heterocycles. The summed E-state index contributed by atoms with van der Waals surface area (Å²) in [4.78, 5) is 37.1. The van der Waals surface area contributed by atoms with Gasteiger partial charge in [-0.15, -0.1) is 0 Å². The van der Waals surface area contributed by atoms with Crippen LogP contribution in [0.2, 0.25) is 0 Å². The maximum atomic E-state index is 11.6. The molecule has 2 aliphatic rings. The third-order valence-corrected chi connectivity index (χ3v) is 2.88. The van der Waals surface area contributed by atoms with Gasteiger partial charge in [0.05, 0.1) is 26.4 Å². The summed E-state index contributed by atoms with van der Waals surface area (Å²) in [6, 6.07) is 0. The van der Waals surface area contributed by atoms with Crippen molar-refractivity contribution in [3.05, 3.63) is 0 Å². The molecule has 0 atom stereocenters. The van der Waals surface area contributed by atoms with Gasteiger partial charge < -0.3 is 28.7 Å². The third kappa shape index (κ3) is 4.07. The van der Waals surface area contributed by atoms with Gasteiger partial charge in [-0.1, -0.05) is 0 Å². The molecule has 0 N–H and O–H groups in total. The molecule has 2 aliphatic heterocycles. The molecule has 0 bridgehead atoms. The van der Waals surface area contributed by atoms with Crippen LogP contribution >= 0.6 is 0 Å². The minimum absolute atomic E-state index is 0.337. The fourth-order valence-electron chi connectivity index (χ4n) is 1.78. The van der Waals surface area contributed by atoms with Gasteiger partial charge in [-0.2, -0.15) is 0 Å². The fraction of sp³-hybridized carbons (Fsp3) is 0.727. The monoisotopic (exact) mass is 288 g/mol. The number of nitrogens with zero attached hydrogens (tertiary/aromatic N) is 2. The maximum Gasteiger partial charge on any atom is 0.526 e. The van der Waals surface area contributed by atoms with Gasteiger partial charge in [0.1, 0.15) is 0 Å². The van der Waals surface area contributed by atoms with E-state index in [1.54, 1.807) is 0 Å². The van der Waals surface area contributed by atoms with Crippen LogP contribution < -0.4 is 0 Å². The highest BCUT2D eigenvalue weighted by Gasteiger charge is 2.26. The van der Waals surface area contributed by atoms with Crippen LogP contribution in [0, 0.1) is 0 Å².